The molecule has 3 heteroatoms. The highest BCUT2D eigenvalue weighted by molar-refractivity contribution is 7.99. The molecule has 14 heavy (non-hydrogen) atoms. The van der Waals surface area contributed by atoms with Crippen LogP contribution in [-0.2, 0) is 4.74 Å². The molecule has 0 aromatic rings. The smallest absolute Gasteiger partial charge is 0.0591 e. The fourth-order valence-corrected chi connectivity index (χ4v) is 2.66. The van der Waals surface area contributed by atoms with Crippen LogP contribution in [0.25, 0.3) is 0 Å². The minimum atomic E-state index is 0.654. The summed E-state index contributed by atoms with van der Waals surface area (Å²) in [6, 6.07) is 0.749. The number of hydrogen-bond donors (Lipinski definition) is 1. The van der Waals surface area contributed by atoms with E-state index in [1.807, 2.05) is 0 Å². The number of hydrogen-bond acceptors (Lipinski definition) is 3. The molecule has 1 saturated heterocycles. The Balaban J connectivity index is 1.87. The van der Waals surface area contributed by atoms with E-state index in [-0.39, 0.29) is 0 Å². The molecule has 0 aromatic carbocycles. The van der Waals surface area contributed by atoms with Gasteiger partial charge in [-0.2, -0.15) is 11.8 Å². The molecule has 0 atom stereocenters. The van der Waals surface area contributed by atoms with Gasteiger partial charge in [-0.05, 0) is 30.3 Å². The van der Waals surface area contributed by atoms with Crippen molar-refractivity contribution in [3.63, 3.8) is 0 Å². The Labute approximate surface area is 92.2 Å². The van der Waals surface area contributed by atoms with E-state index in [1.54, 1.807) is 0 Å². The Bertz CT molecular complexity index is 135. The van der Waals surface area contributed by atoms with Crippen LogP contribution in [-0.4, -0.2) is 37.3 Å². The summed E-state index contributed by atoms with van der Waals surface area (Å²) in [4.78, 5) is 0. The maximum absolute atomic E-state index is 5.52. The summed E-state index contributed by atoms with van der Waals surface area (Å²) in [6.07, 6.45) is 2.66. The van der Waals surface area contributed by atoms with Gasteiger partial charge in [0.1, 0.15) is 0 Å². The molecule has 1 N–H and O–H groups in total. The van der Waals surface area contributed by atoms with Crippen LogP contribution in [0.2, 0.25) is 0 Å². The van der Waals surface area contributed by atoms with E-state index in [9.17, 15) is 0 Å². The predicted molar refractivity (Wildman–Crippen MR) is 64.0 cm³/mol. The van der Waals surface area contributed by atoms with Gasteiger partial charge in [-0.15, -0.1) is 0 Å². The summed E-state index contributed by atoms with van der Waals surface area (Å²) in [7, 11) is 0. The third kappa shape index (κ3) is 5.89. The SMILES string of the molecule is CC(C)COCCNC1CCSCC1. The average molecular weight is 217 g/mol. The van der Waals surface area contributed by atoms with Gasteiger partial charge in [-0.25, -0.2) is 0 Å². The highest BCUT2D eigenvalue weighted by Gasteiger charge is 2.11. The molecule has 0 aliphatic carbocycles. The van der Waals surface area contributed by atoms with Crippen LogP contribution in [0.3, 0.4) is 0 Å². The molecule has 1 aliphatic rings. The zero-order chi connectivity index (χ0) is 10.2. The quantitative estimate of drug-likeness (QED) is 0.689. The molecule has 84 valence electrons. The van der Waals surface area contributed by atoms with Crippen LogP contribution in [0, 0.1) is 5.92 Å². The van der Waals surface area contributed by atoms with Gasteiger partial charge in [0.25, 0.3) is 0 Å². The van der Waals surface area contributed by atoms with Crippen LogP contribution in [0.4, 0.5) is 0 Å². The largest absolute Gasteiger partial charge is 0.380 e. The van der Waals surface area contributed by atoms with Gasteiger partial charge >= 0.3 is 0 Å². The first-order valence-corrected chi connectivity index (χ1v) is 6.83. The van der Waals surface area contributed by atoms with Crippen molar-refractivity contribution in [3.05, 3.63) is 0 Å². The number of thioether (sulfide) groups is 1. The number of nitrogens with one attached hydrogen (secondary N) is 1. The van der Waals surface area contributed by atoms with Gasteiger partial charge in [-0.1, -0.05) is 13.8 Å². The van der Waals surface area contributed by atoms with Crippen molar-refractivity contribution in [2.24, 2.45) is 5.92 Å². The summed E-state index contributed by atoms with van der Waals surface area (Å²) in [5.41, 5.74) is 0. The second-order valence-electron chi connectivity index (χ2n) is 4.31. The molecule has 1 rings (SSSR count). The highest BCUT2D eigenvalue weighted by Crippen LogP contribution is 2.16. The molecule has 0 saturated carbocycles. The molecule has 0 amide bonds. The second kappa shape index (κ2) is 7.55. The van der Waals surface area contributed by atoms with Crippen LogP contribution in [0.1, 0.15) is 26.7 Å². The normalized spacial score (nSPS) is 19.1. The third-order valence-electron chi connectivity index (χ3n) is 2.35. The van der Waals surface area contributed by atoms with Gasteiger partial charge in [0.2, 0.25) is 0 Å². The maximum atomic E-state index is 5.52. The van der Waals surface area contributed by atoms with E-state index in [0.29, 0.717) is 5.92 Å². The minimum absolute atomic E-state index is 0.654. The zero-order valence-electron chi connectivity index (χ0n) is 9.42. The lowest BCUT2D eigenvalue weighted by molar-refractivity contribution is 0.110. The monoisotopic (exact) mass is 217 g/mol. The van der Waals surface area contributed by atoms with E-state index in [0.717, 1.165) is 25.8 Å². The third-order valence-corrected chi connectivity index (χ3v) is 3.40. The van der Waals surface area contributed by atoms with Gasteiger partial charge in [-0.3, -0.25) is 0 Å². The van der Waals surface area contributed by atoms with Crippen LogP contribution in [0.5, 0.6) is 0 Å². The Hall–Kier alpha value is 0.270. The van der Waals surface area contributed by atoms with Gasteiger partial charge in [0.05, 0.1) is 6.61 Å². The van der Waals surface area contributed by atoms with Crippen LogP contribution >= 0.6 is 11.8 Å². The molecule has 0 radical (unpaired) electrons. The summed E-state index contributed by atoms with van der Waals surface area (Å²) >= 11 is 2.08. The first-order chi connectivity index (χ1) is 6.79. The first-order valence-electron chi connectivity index (χ1n) is 5.68. The molecule has 0 spiro atoms. The molecule has 1 aliphatic heterocycles. The fourth-order valence-electron chi connectivity index (χ4n) is 1.56. The summed E-state index contributed by atoms with van der Waals surface area (Å²) in [5, 5.41) is 3.56. The van der Waals surface area contributed by atoms with Crippen molar-refractivity contribution in [3.8, 4) is 0 Å². The lowest BCUT2D eigenvalue weighted by Gasteiger charge is -2.22. The Morgan fingerprint density at radius 2 is 2.07 bits per heavy atom. The summed E-state index contributed by atoms with van der Waals surface area (Å²) < 4.78 is 5.52. The summed E-state index contributed by atoms with van der Waals surface area (Å²) in [5.74, 6) is 3.30. The summed E-state index contributed by atoms with van der Waals surface area (Å²) in [6.45, 7) is 7.14. The van der Waals surface area contributed by atoms with Crippen molar-refractivity contribution in [1.82, 2.24) is 5.32 Å². The van der Waals surface area contributed by atoms with Crippen molar-refractivity contribution >= 4 is 11.8 Å². The number of rotatable bonds is 6. The van der Waals surface area contributed by atoms with Crippen molar-refractivity contribution in [2.45, 2.75) is 32.7 Å². The maximum Gasteiger partial charge on any atom is 0.0591 e. The van der Waals surface area contributed by atoms with Crippen LogP contribution < -0.4 is 5.32 Å². The number of ether oxygens (including phenoxy) is 1. The van der Waals surface area contributed by atoms with E-state index >= 15 is 0 Å². The van der Waals surface area contributed by atoms with E-state index in [1.165, 1.54) is 24.3 Å². The molecule has 0 aromatic heterocycles. The average Bonchev–Trinajstić information content (AvgIpc) is 2.18. The molecule has 0 unspecified atom stereocenters. The van der Waals surface area contributed by atoms with Crippen LogP contribution in [0.15, 0.2) is 0 Å². The first kappa shape index (κ1) is 12.3. The molecule has 1 fully saturated rings. The topological polar surface area (TPSA) is 21.3 Å². The van der Waals surface area contributed by atoms with Crippen molar-refractivity contribution in [2.75, 3.05) is 31.3 Å². The van der Waals surface area contributed by atoms with E-state index in [2.05, 4.69) is 30.9 Å². The molecular weight excluding hydrogens is 194 g/mol. The highest BCUT2D eigenvalue weighted by atomic mass is 32.2. The van der Waals surface area contributed by atoms with Crippen molar-refractivity contribution in [1.29, 1.82) is 0 Å². The predicted octanol–water partition coefficient (Wildman–Crippen LogP) is 2.14. The van der Waals surface area contributed by atoms with E-state index < -0.39 is 0 Å². The second-order valence-corrected chi connectivity index (χ2v) is 5.53. The van der Waals surface area contributed by atoms with Gasteiger partial charge in [0.15, 0.2) is 0 Å². The zero-order valence-corrected chi connectivity index (χ0v) is 10.2. The fraction of sp³-hybridized carbons (Fsp3) is 1.00. The Morgan fingerprint density at radius 1 is 1.36 bits per heavy atom. The van der Waals surface area contributed by atoms with Gasteiger partial charge in [0, 0.05) is 19.2 Å². The van der Waals surface area contributed by atoms with E-state index in [4.69, 9.17) is 4.74 Å². The van der Waals surface area contributed by atoms with Crippen molar-refractivity contribution < 1.29 is 4.74 Å². The standard InChI is InChI=1S/C11H23NOS/c1-10(2)9-13-6-5-12-11-3-7-14-8-4-11/h10-12H,3-9H2,1-2H3. The molecule has 2 nitrogen and oxygen atoms in total. The Kier molecular flexibility index (Phi) is 6.65. The molecular formula is C11H23NOS. The molecule has 0 bridgehead atoms. The lowest BCUT2D eigenvalue weighted by atomic mass is 10.1. The minimum Gasteiger partial charge on any atom is -0.380 e. The molecule has 1 heterocycles. The Morgan fingerprint density at radius 3 is 2.71 bits per heavy atom. The van der Waals surface area contributed by atoms with Gasteiger partial charge < -0.3 is 10.1 Å². The lowest BCUT2D eigenvalue weighted by Crippen LogP contribution is -2.35.